The summed E-state index contributed by atoms with van der Waals surface area (Å²) in [7, 11) is 1.33. The van der Waals surface area contributed by atoms with Crippen LogP contribution < -0.4 is 4.90 Å². The fourth-order valence-corrected chi connectivity index (χ4v) is 6.41. The zero-order valence-electron chi connectivity index (χ0n) is 23.4. The molecule has 14 heteroatoms. The van der Waals surface area contributed by atoms with E-state index in [2.05, 4.69) is 10.3 Å². The van der Waals surface area contributed by atoms with Crippen LogP contribution in [0.1, 0.15) is 37.3 Å². The lowest BCUT2D eigenvalue weighted by molar-refractivity contribution is -0.211. The summed E-state index contributed by atoms with van der Waals surface area (Å²) < 4.78 is 41.5. The molecule has 0 spiro atoms. The molecule has 10 nitrogen and oxygen atoms in total. The molecular formula is C29H32Cl2F2N4O6. The summed E-state index contributed by atoms with van der Waals surface area (Å²) in [6, 6.07) is 5.10. The third-order valence-electron chi connectivity index (χ3n) is 8.16. The van der Waals surface area contributed by atoms with Crippen LogP contribution in [0, 0.1) is 18.6 Å². The van der Waals surface area contributed by atoms with Crippen LogP contribution in [0.5, 0.6) is 0 Å². The maximum atomic E-state index is 14.4. The average molecular weight is 641 g/mol. The third-order valence-corrected chi connectivity index (χ3v) is 8.60. The van der Waals surface area contributed by atoms with Crippen LogP contribution in [0.25, 0.3) is 11.3 Å². The molecule has 1 saturated heterocycles. The quantitative estimate of drug-likeness (QED) is 0.355. The van der Waals surface area contributed by atoms with E-state index in [4.69, 9.17) is 32.7 Å². The van der Waals surface area contributed by atoms with E-state index >= 15 is 0 Å². The summed E-state index contributed by atoms with van der Waals surface area (Å²) in [5, 5.41) is 41.0. The second-order valence-electron chi connectivity index (χ2n) is 10.9. The van der Waals surface area contributed by atoms with Gasteiger partial charge in [-0.25, -0.2) is 13.5 Å². The van der Waals surface area contributed by atoms with E-state index in [0.717, 1.165) is 25.0 Å². The highest BCUT2D eigenvalue weighted by molar-refractivity contribution is 6.35. The summed E-state index contributed by atoms with van der Waals surface area (Å²) >= 11 is 12.6. The molecule has 2 aromatic carbocycles. The molecule has 1 amide bonds. The van der Waals surface area contributed by atoms with Gasteiger partial charge in [-0.15, -0.1) is 5.10 Å². The van der Waals surface area contributed by atoms with E-state index in [1.54, 1.807) is 12.1 Å². The van der Waals surface area contributed by atoms with Gasteiger partial charge in [-0.1, -0.05) is 41.3 Å². The molecule has 2 aliphatic rings. The van der Waals surface area contributed by atoms with Gasteiger partial charge in [0.25, 0.3) is 5.91 Å². The molecule has 3 aromatic rings. The Kier molecular flexibility index (Phi) is 9.67. The van der Waals surface area contributed by atoms with Gasteiger partial charge in [-0.3, -0.25) is 4.79 Å². The van der Waals surface area contributed by atoms with Gasteiger partial charge in [0.15, 0.2) is 6.10 Å². The number of carbonyl (C=O) groups excluding carboxylic acids is 1. The molecule has 7 atom stereocenters. The van der Waals surface area contributed by atoms with Gasteiger partial charge < -0.3 is 29.7 Å². The number of aliphatic hydroxyl groups is 3. The zero-order chi connectivity index (χ0) is 31.0. The molecule has 1 aliphatic heterocycles. The summed E-state index contributed by atoms with van der Waals surface area (Å²) in [4.78, 5) is 15.8. The number of nitrogens with zero attached hydrogens (tertiary/aromatic N) is 4. The Morgan fingerprint density at radius 2 is 1.77 bits per heavy atom. The normalized spacial score (nSPS) is 27.7. The number of benzene rings is 2. The summed E-state index contributed by atoms with van der Waals surface area (Å²) in [5.74, 6) is -2.14. The molecule has 2 fully saturated rings. The SMILES string of the molecule is COC1C(C(=O)N(c2cc(Cl)cc(Cl)c2)[C@H]2CCCC[C@@H]2O)OC(CO)C(O)C1n1cc(-c2cc(F)c(C)c(F)c2)nn1. The van der Waals surface area contributed by atoms with Crippen molar-refractivity contribution >= 4 is 34.8 Å². The van der Waals surface area contributed by atoms with Gasteiger partial charge in [-0.05, 0) is 50.1 Å². The number of methoxy groups -OCH3 is 1. The smallest absolute Gasteiger partial charge is 0.259 e. The first-order chi connectivity index (χ1) is 20.5. The maximum absolute atomic E-state index is 14.4. The van der Waals surface area contributed by atoms with Gasteiger partial charge >= 0.3 is 0 Å². The van der Waals surface area contributed by atoms with Crippen LogP contribution in [0.3, 0.4) is 0 Å². The first-order valence-electron chi connectivity index (χ1n) is 13.9. The lowest BCUT2D eigenvalue weighted by Crippen LogP contribution is -2.63. The van der Waals surface area contributed by atoms with Crippen LogP contribution in [-0.4, -0.2) is 86.5 Å². The van der Waals surface area contributed by atoms with Crippen molar-refractivity contribution < 1.29 is 38.4 Å². The number of halogens is 4. The predicted molar refractivity (Wildman–Crippen MR) is 154 cm³/mol. The monoisotopic (exact) mass is 640 g/mol. The van der Waals surface area contributed by atoms with Crippen LogP contribution in [0.2, 0.25) is 10.0 Å². The Morgan fingerprint density at radius 3 is 2.37 bits per heavy atom. The minimum atomic E-state index is -1.42. The summed E-state index contributed by atoms with van der Waals surface area (Å²) in [5.41, 5.74) is 0.414. The van der Waals surface area contributed by atoms with E-state index in [-0.39, 0.29) is 26.9 Å². The minimum absolute atomic E-state index is 0.107. The molecule has 1 aliphatic carbocycles. The van der Waals surface area contributed by atoms with E-state index < -0.39 is 66.8 Å². The number of rotatable bonds is 7. The summed E-state index contributed by atoms with van der Waals surface area (Å²) in [6.07, 6.45) is -2.19. The fourth-order valence-electron chi connectivity index (χ4n) is 5.90. The Balaban J connectivity index is 1.55. The van der Waals surface area contributed by atoms with Crippen molar-refractivity contribution in [1.29, 1.82) is 0 Å². The largest absolute Gasteiger partial charge is 0.394 e. The first kappa shape index (κ1) is 31.7. The van der Waals surface area contributed by atoms with Crippen molar-refractivity contribution in [1.82, 2.24) is 15.0 Å². The van der Waals surface area contributed by atoms with E-state index in [1.807, 2.05) is 0 Å². The molecule has 232 valence electrons. The minimum Gasteiger partial charge on any atom is -0.394 e. The second kappa shape index (κ2) is 13.1. The van der Waals surface area contributed by atoms with Crippen molar-refractivity contribution in [2.24, 2.45) is 0 Å². The van der Waals surface area contributed by atoms with Crippen LogP contribution in [0.4, 0.5) is 14.5 Å². The topological polar surface area (TPSA) is 130 Å². The molecule has 1 aromatic heterocycles. The number of hydrogen-bond acceptors (Lipinski definition) is 8. The van der Waals surface area contributed by atoms with Crippen LogP contribution >= 0.6 is 23.2 Å². The van der Waals surface area contributed by atoms with Crippen molar-refractivity contribution in [2.45, 2.75) is 75.2 Å². The molecule has 5 unspecified atom stereocenters. The van der Waals surface area contributed by atoms with E-state index in [0.29, 0.717) is 18.5 Å². The van der Waals surface area contributed by atoms with Crippen molar-refractivity contribution in [3.05, 3.63) is 63.8 Å². The molecular weight excluding hydrogens is 609 g/mol. The number of anilines is 1. The van der Waals surface area contributed by atoms with Gasteiger partial charge in [0.2, 0.25) is 0 Å². The highest BCUT2D eigenvalue weighted by atomic mass is 35.5. The number of carbonyl (C=O) groups is 1. The van der Waals surface area contributed by atoms with Gasteiger partial charge in [-0.2, -0.15) is 0 Å². The molecule has 2 heterocycles. The number of hydrogen-bond donors (Lipinski definition) is 3. The highest BCUT2D eigenvalue weighted by Crippen LogP contribution is 2.37. The van der Waals surface area contributed by atoms with Crippen molar-refractivity contribution in [2.75, 3.05) is 18.6 Å². The average Bonchev–Trinajstić information content (AvgIpc) is 3.45. The Bertz CT molecular complexity index is 1440. The summed E-state index contributed by atoms with van der Waals surface area (Å²) in [6.45, 7) is 0.662. The Morgan fingerprint density at radius 1 is 1.12 bits per heavy atom. The fraction of sp³-hybridized carbons (Fsp3) is 0.483. The third kappa shape index (κ3) is 6.28. The van der Waals surface area contributed by atoms with E-state index in [9.17, 15) is 28.9 Å². The van der Waals surface area contributed by atoms with Crippen molar-refractivity contribution in [3.63, 3.8) is 0 Å². The molecule has 43 heavy (non-hydrogen) atoms. The lowest BCUT2D eigenvalue weighted by Gasteiger charge is -2.46. The molecule has 1 saturated carbocycles. The zero-order valence-corrected chi connectivity index (χ0v) is 24.9. The van der Waals surface area contributed by atoms with Gasteiger partial charge in [0, 0.05) is 34.0 Å². The van der Waals surface area contributed by atoms with Crippen LogP contribution in [0.15, 0.2) is 36.5 Å². The van der Waals surface area contributed by atoms with Crippen LogP contribution in [-0.2, 0) is 14.3 Å². The Hall–Kier alpha value is -2.71. The van der Waals surface area contributed by atoms with E-state index in [1.165, 1.54) is 35.9 Å². The molecule has 3 N–H and O–H groups in total. The van der Waals surface area contributed by atoms with Crippen molar-refractivity contribution in [3.8, 4) is 11.3 Å². The second-order valence-corrected chi connectivity index (χ2v) is 11.7. The lowest BCUT2D eigenvalue weighted by atomic mass is 9.88. The molecule has 5 rings (SSSR count). The number of ether oxygens (including phenoxy) is 2. The number of amides is 1. The number of aliphatic hydroxyl groups excluding tert-OH is 3. The maximum Gasteiger partial charge on any atom is 0.259 e. The number of aromatic nitrogens is 3. The standard InChI is InChI=1S/C29H32Cl2F2N4O6/c1-14-19(32)7-15(8-20(14)33)21-12-36(35-34-21)25-26(40)24(13-38)43-28(27(25)42-2)29(41)37(22-5-3-4-6-23(22)39)18-10-16(30)9-17(31)11-18/h7-12,22-28,38-40H,3-6,13H2,1-2H3/t22-,23-,24?,25?,26?,27?,28?/m0/s1. The Labute approximate surface area is 256 Å². The first-order valence-corrected chi connectivity index (χ1v) is 14.6. The highest BCUT2D eigenvalue weighted by Gasteiger charge is 2.52. The van der Waals surface area contributed by atoms with Gasteiger partial charge in [0.1, 0.15) is 41.7 Å². The molecule has 0 radical (unpaired) electrons. The predicted octanol–water partition coefficient (Wildman–Crippen LogP) is 3.85. The molecule has 0 bridgehead atoms. The van der Waals surface area contributed by atoms with Gasteiger partial charge in [0.05, 0.1) is 24.9 Å².